The zero-order valence-corrected chi connectivity index (χ0v) is 9.78. The van der Waals surface area contributed by atoms with Crippen LogP contribution in [0.15, 0.2) is 10.6 Å². The topological polar surface area (TPSA) is 105 Å². The Bertz CT molecular complexity index is 421. The fourth-order valence-corrected chi connectivity index (χ4v) is 1.40. The number of aromatic nitrogens is 1. The lowest BCUT2D eigenvalue weighted by Gasteiger charge is -2.20. The molecule has 0 saturated heterocycles. The van der Waals surface area contributed by atoms with Gasteiger partial charge in [0, 0.05) is 12.6 Å². The van der Waals surface area contributed by atoms with E-state index < -0.39 is 25.2 Å². The molecule has 0 aliphatic carbocycles. The van der Waals surface area contributed by atoms with Gasteiger partial charge >= 0.3 is 6.18 Å². The molecule has 1 amide bonds. The van der Waals surface area contributed by atoms with Crippen molar-refractivity contribution in [3.63, 3.8) is 0 Å². The third-order valence-electron chi connectivity index (χ3n) is 2.12. The van der Waals surface area contributed by atoms with Gasteiger partial charge in [0.05, 0.1) is 19.7 Å². The summed E-state index contributed by atoms with van der Waals surface area (Å²) in [5.41, 5.74) is 1.69. The Morgan fingerprint density at radius 3 is 2.79 bits per heavy atom. The van der Waals surface area contributed by atoms with Crippen LogP contribution in [0.5, 0.6) is 0 Å². The summed E-state index contributed by atoms with van der Waals surface area (Å²) in [5.74, 6) is 4.23. The van der Waals surface area contributed by atoms with Gasteiger partial charge in [0.1, 0.15) is 0 Å². The summed E-state index contributed by atoms with van der Waals surface area (Å²) in [5, 5.41) is 12.1. The lowest BCUT2D eigenvalue weighted by atomic mass is 10.3. The van der Waals surface area contributed by atoms with E-state index >= 15 is 0 Å². The molecule has 0 radical (unpaired) electrons. The summed E-state index contributed by atoms with van der Waals surface area (Å²) in [6.07, 6.45) is -4.40. The average molecular weight is 282 g/mol. The quantitative estimate of drug-likeness (QED) is 0.374. The number of aliphatic hydroxyl groups is 1. The second-order valence-electron chi connectivity index (χ2n) is 3.70. The predicted molar refractivity (Wildman–Crippen MR) is 56.6 cm³/mol. The van der Waals surface area contributed by atoms with Crippen molar-refractivity contribution in [1.82, 2.24) is 15.5 Å². The van der Waals surface area contributed by atoms with E-state index in [1.807, 2.05) is 5.43 Å². The summed E-state index contributed by atoms with van der Waals surface area (Å²) in [6.45, 7) is -2.05. The molecule has 108 valence electrons. The molecular formula is C9H13F3N4O3. The molecule has 0 aliphatic heterocycles. The van der Waals surface area contributed by atoms with E-state index in [-0.39, 0.29) is 24.5 Å². The van der Waals surface area contributed by atoms with Crippen LogP contribution in [0.2, 0.25) is 0 Å². The highest BCUT2D eigenvalue weighted by Crippen LogP contribution is 2.18. The molecular weight excluding hydrogens is 269 g/mol. The van der Waals surface area contributed by atoms with Crippen LogP contribution in [0, 0.1) is 0 Å². The molecule has 0 unspecified atom stereocenters. The Morgan fingerprint density at radius 2 is 2.26 bits per heavy atom. The Balaban J connectivity index is 2.68. The normalized spacial score (nSPS) is 11.9. The van der Waals surface area contributed by atoms with E-state index in [2.05, 4.69) is 5.16 Å². The van der Waals surface area contributed by atoms with E-state index in [1.165, 1.54) is 6.07 Å². The highest BCUT2D eigenvalue weighted by molar-refractivity contribution is 5.91. The minimum Gasteiger partial charge on any atom is -0.395 e. The Labute approximate surface area is 106 Å². The number of alkyl halides is 3. The fourth-order valence-electron chi connectivity index (χ4n) is 1.40. The molecule has 0 atom stereocenters. The molecule has 0 saturated carbocycles. The van der Waals surface area contributed by atoms with Crippen molar-refractivity contribution in [2.24, 2.45) is 5.84 Å². The SMILES string of the molecule is NNC(=O)c1cc(CN(CCO)CC(F)(F)F)on1. The highest BCUT2D eigenvalue weighted by atomic mass is 19.4. The zero-order valence-electron chi connectivity index (χ0n) is 9.78. The summed E-state index contributed by atoms with van der Waals surface area (Å²) in [7, 11) is 0. The summed E-state index contributed by atoms with van der Waals surface area (Å²) >= 11 is 0. The molecule has 10 heteroatoms. The van der Waals surface area contributed by atoms with Gasteiger partial charge in [-0.25, -0.2) is 5.84 Å². The number of carbonyl (C=O) groups is 1. The average Bonchev–Trinajstić information content (AvgIpc) is 2.74. The molecule has 7 nitrogen and oxygen atoms in total. The Hall–Kier alpha value is -1.65. The second kappa shape index (κ2) is 6.50. The van der Waals surface area contributed by atoms with Crippen molar-refractivity contribution in [2.75, 3.05) is 19.7 Å². The number of rotatable bonds is 6. The van der Waals surface area contributed by atoms with Crippen LogP contribution in [0.25, 0.3) is 0 Å². The number of hydrogen-bond acceptors (Lipinski definition) is 6. The third-order valence-corrected chi connectivity index (χ3v) is 2.12. The molecule has 1 heterocycles. The van der Waals surface area contributed by atoms with Crippen LogP contribution in [-0.4, -0.2) is 46.9 Å². The maximum atomic E-state index is 12.3. The standard InChI is InChI=1S/C9H13F3N4O3/c10-9(11,12)5-16(1-2-17)4-6-3-7(15-19-6)8(18)14-13/h3,17H,1-2,4-5,13H2,(H,14,18). The molecule has 0 bridgehead atoms. The molecule has 0 spiro atoms. The minimum absolute atomic E-state index is 0.0660. The van der Waals surface area contributed by atoms with Gasteiger partial charge in [-0.05, 0) is 0 Å². The van der Waals surface area contributed by atoms with Crippen molar-refractivity contribution < 1.29 is 27.6 Å². The number of nitrogens with one attached hydrogen (secondary N) is 1. The summed E-state index contributed by atoms with van der Waals surface area (Å²) in [6, 6.07) is 1.18. The van der Waals surface area contributed by atoms with Crippen LogP contribution in [-0.2, 0) is 6.54 Å². The first-order valence-electron chi connectivity index (χ1n) is 5.22. The first-order valence-corrected chi connectivity index (χ1v) is 5.22. The molecule has 0 aromatic carbocycles. The van der Waals surface area contributed by atoms with E-state index in [9.17, 15) is 18.0 Å². The van der Waals surface area contributed by atoms with Crippen LogP contribution < -0.4 is 11.3 Å². The maximum Gasteiger partial charge on any atom is 0.401 e. The number of nitrogen functional groups attached to an aromatic ring is 1. The number of halogens is 3. The summed E-state index contributed by atoms with van der Waals surface area (Å²) in [4.78, 5) is 12.0. The van der Waals surface area contributed by atoms with Gasteiger partial charge in [-0.15, -0.1) is 0 Å². The maximum absolute atomic E-state index is 12.3. The number of amides is 1. The molecule has 0 aliphatic rings. The number of nitrogens with two attached hydrogens (primary N) is 1. The smallest absolute Gasteiger partial charge is 0.395 e. The van der Waals surface area contributed by atoms with E-state index in [1.54, 1.807) is 0 Å². The first-order chi connectivity index (χ1) is 8.85. The molecule has 19 heavy (non-hydrogen) atoms. The van der Waals surface area contributed by atoms with Crippen LogP contribution in [0.1, 0.15) is 16.2 Å². The molecule has 0 fully saturated rings. The lowest BCUT2D eigenvalue weighted by Crippen LogP contribution is -2.35. The van der Waals surface area contributed by atoms with Crippen LogP contribution >= 0.6 is 0 Å². The van der Waals surface area contributed by atoms with Crippen molar-refractivity contribution >= 4 is 5.91 Å². The van der Waals surface area contributed by atoms with Crippen LogP contribution in [0.4, 0.5) is 13.2 Å². The fraction of sp³-hybridized carbons (Fsp3) is 0.556. The van der Waals surface area contributed by atoms with Gasteiger partial charge < -0.3 is 9.63 Å². The molecule has 1 aromatic rings. The molecule has 4 N–H and O–H groups in total. The van der Waals surface area contributed by atoms with E-state index in [0.717, 1.165) is 4.90 Å². The lowest BCUT2D eigenvalue weighted by molar-refractivity contribution is -0.148. The van der Waals surface area contributed by atoms with Crippen molar-refractivity contribution in [1.29, 1.82) is 0 Å². The zero-order chi connectivity index (χ0) is 14.5. The molecule has 1 rings (SSSR count). The third kappa shape index (κ3) is 5.24. The van der Waals surface area contributed by atoms with Gasteiger partial charge in [0.25, 0.3) is 5.91 Å². The number of aliphatic hydroxyl groups excluding tert-OH is 1. The monoisotopic (exact) mass is 282 g/mol. The number of nitrogens with zero attached hydrogens (tertiary/aromatic N) is 2. The van der Waals surface area contributed by atoms with Gasteiger partial charge in [-0.2, -0.15) is 13.2 Å². The summed E-state index contributed by atoms with van der Waals surface area (Å²) < 4.78 is 41.5. The minimum atomic E-state index is -4.40. The first kappa shape index (κ1) is 15.4. The van der Waals surface area contributed by atoms with Gasteiger partial charge in [0.15, 0.2) is 11.5 Å². The van der Waals surface area contributed by atoms with Crippen molar-refractivity contribution in [3.8, 4) is 0 Å². The largest absolute Gasteiger partial charge is 0.401 e. The van der Waals surface area contributed by atoms with Crippen LogP contribution in [0.3, 0.4) is 0 Å². The molecule has 1 aromatic heterocycles. The predicted octanol–water partition coefficient (Wildman–Crippen LogP) is -0.365. The van der Waals surface area contributed by atoms with Gasteiger partial charge in [-0.3, -0.25) is 15.1 Å². The van der Waals surface area contributed by atoms with E-state index in [0.29, 0.717) is 0 Å². The van der Waals surface area contributed by atoms with Gasteiger partial charge in [-0.1, -0.05) is 5.16 Å². The second-order valence-corrected chi connectivity index (χ2v) is 3.70. The number of carbonyl (C=O) groups excluding carboxylic acids is 1. The Kier molecular flexibility index (Phi) is 5.27. The van der Waals surface area contributed by atoms with E-state index in [4.69, 9.17) is 15.5 Å². The number of hydrogen-bond donors (Lipinski definition) is 3. The van der Waals surface area contributed by atoms with Crippen molar-refractivity contribution in [2.45, 2.75) is 12.7 Å². The van der Waals surface area contributed by atoms with Crippen molar-refractivity contribution in [3.05, 3.63) is 17.5 Å². The Morgan fingerprint density at radius 1 is 1.58 bits per heavy atom. The number of hydrazine groups is 1. The highest BCUT2D eigenvalue weighted by Gasteiger charge is 2.31. The van der Waals surface area contributed by atoms with Gasteiger partial charge in [0.2, 0.25) is 0 Å².